The normalized spacial score (nSPS) is 19.0. The Morgan fingerprint density at radius 1 is 1.52 bits per heavy atom. The van der Waals surface area contributed by atoms with Gasteiger partial charge in [0, 0.05) is 30.5 Å². The summed E-state index contributed by atoms with van der Waals surface area (Å²) in [5, 5.41) is 3.37. The molecular formula is C16H25N3O2. The molecule has 0 saturated carbocycles. The van der Waals surface area contributed by atoms with E-state index in [1.54, 1.807) is 12.1 Å². The van der Waals surface area contributed by atoms with Crippen molar-refractivity contribution in [3.8, 4) is 0 Å². The van der Waals surface area contributed by atoms with E-state index in [0.29, 0.717) is 23.2 Å². The van der Waals surface area contributed by atoms with Gasteiger partial charge in [0.1, 0.15) is 0 Å². The van der Waals surface area contributed by atoms with Crippen LogP contribution < -0.4 is 11.1 Å². The molecular weight excluding hydrogens is 266 g/mol. The maximum atomic E-state index is 11.8. The van der Waals surface area contributed by atoms with Crippen LogP contribution in [0.3, 0.4) is 0 Å². The van der Waals surface area contributed by atoms with Crippen LogP contribution in [0.1, 0.15) is 30.6 Å². The topological polar surface area (TPSA) is 67.6 Å². The Morgan fingerprint density at radius 2 is 2.29 bits per heavy atom. The number of hydrogen-bond donors (Lipinski definition) is 2. The van der Waals surface area contributed by atoms with E-state index in [1.807, 2.05) is 6.07 Å². The van der Waals surface area contributed by atoms with Crippen LogP contribution in [0.25, 0.3) is 0 Å². The number of methoxy groups -OCH3 is 1. The zero-order chi connectivity index (χ0) is 15.4. The number of nitrogens with one attached hydrogen (secondary N) is 1. The Kier molecular flexibility index (Phi) is 5.07. The number of carbonyl (C=O) groups excluding carboxylic acids is 1. The third-order valence-corrected chi connectivity index (χ3v) is 4.08. The quantitative estimate of drug-likeness (QED) is 0.643. The second-order valence-electron chi connectivity index (χ2n) is 5.92. The molecule has 5 nitrogen and oxygen atoms in total. The standard InChI is InChI=1S/C16H25N3O2/c1-11(2)19-7-6-12(10-19)9-18-15-5-4-13(17)8-14(15)16(20)21-3/h4-5,8,11-12,18H,6-7,9-10,17H2,1-3H3. The number of esters is 1. The summed E-state index contributed by atoms with van der Waals surface area (Å²) in [6.07, 6.45) is 1.19. The van der Waals surface area contributed by atoms with E-state index in [1.165, 1.54) is 13.5 Å². The molecule has 0 bridgehead atoms. The van der Waals surface area contributed by atoms with Crippen LogP contribution in [0.2, 0.25) is 0 Å². The van der Waals surface area contributed by atoms with Crippen molar-refractivity contribution in [2.24, 2.45) is 5.92 Å². The molecule has 1 unspecified atom stereocenters. The van der Waals surface area contributed by atoms with Crippen molar-refractivity contribution in [3.63, 3.8) is 0 Å². The van der Waals surface area contributed by atoms with E-state index < -0.39 is 0 Å². The average Bonchev–Trinajstić information content (AvgIpc) is 2.94. The number of anilines is 2. The highest BCUT2D eigenvalue weighted by Crippen LogP contribution is 2.23. The number of carbonyl (C=O) groups is 1. The van der Waals surface area contributed by atoms with Gasteiger partial charge in [0.25, 0.3) is 0 Å². The lowest BCUT2D eigenvalue weighted by atomic mass is 10.1. The SMILES string of the molecule is COC(=O)c1cc(N)ccc1NCC1CCN(C(C)C)C1. The molecule has 1 fully saturated rings. The fourth-order valence-electron chi connectivity index (χ4n) is 2.75. The summed E-state index contributed by atoms with van der Waals surface area (Å²) in [4.78, 5) is 14.3. The van der Waals surface area contributed by atoms with E-state index in [9.17, 15) is 4.79 Å². The highest BCUT2D eigenvalue weighted by molar-refractivity contribution is 5.96. The molecule has 3 N–H and O–H groups in total. The summed E-state index contributed by atoms with van der Waals surface area (Å²) in [7, 11) is 1.38. The Labute approximate surface area is 126 Å². The summed E-state index contributed by atoms with van der Waals surface area (Å²) in [6.45, 7) is 7.57. The lowest BCUT2D eigenvalue weighted by Crippen LogP contribution is -2.29. The molecule has 5 heteroatoms. The molecule has 1 aromatic rings. The minimum Gasteiger partial charge on any atom is -0.465 e. The van der Waals surface area contributed by atoms with Gasteiger partial charge < -0.3 is 20.7 Å². The number of nitrogens with zero attached hydrogens (tertiary/aromatic N) is 1. The van der Waals surface area contributed by atoms with Crippen LogP contribution in [0, 0.1) is 5.92 Å². The van der Waals surface area contributed by atoms with Gasteiger partial charge in [-0.25, -0.2) is 4.79 Å². The van der Waals surface area contributed by atoms with E-state index in [2.05, 4.69) is 24.1 Å². The van der Waals surface area contributed by atoms with Gasteiger partial charge in [-0.1, -0.05) is 0 Å². The van der Waals surface area contributed by atoms with Gasteiger partial charge in [0.2, 0.25) is 0 Å². The highest BCUT2D eigenvalue weighted by atomic mass is 16.5. The third kappa shape index (κ3) is 3.88. The Balaban J connectivity index is 1.99. The van der Waals surface area contributed by atoms with E-state index >= 15 is 0 Å². The molecule has 21 heavy (non-hydrogen) atoms. The van der Waals surface area contributed by atoms with Gasteiger partial charge in [-0.05, 0) is 50.9 Å². The van der Waals surface area contributed by atoms with E-state index in [0.717, 1.165) is 25.3 Å². The van der Waals surface area contributed by atoms with Gasteiger partial charge in [0.05, 0.1) is 12.7 Å². The Morgan fingerprint density at radius 3 is 2.90 bits per heavy atom. The zero-order valence-corrected chi connectivity index (χ0v) is 13.1. The maximum Gasteiger partial charge on any atom is 0.340 e. The fourth-order valence-corrected chi connectivity index (χ4v) is 2.75. The highest BCUT2D eigenvalue weighted by Gasteiger charge is 2.24. The van der Waals surface area contributed by atoms with Crippen LogP contribution >= 0.6 is 0 Å². The first-order valence-corrected chi connectivity index (χ1v) is 7.47. The fraction of sp³-hybridized carbons (Fsp3) is 0.562. The van der Waals surface area contributed by atoms with Crippen molar-refractivity contribution in [2.45, 2.75) is 26.3 Å². The second-order valence-corrected chi connectivity index (χ2v) is 5.92. The molecule has 0 spiro atoms. The molecule has 1 saturated heterocycles. The van der Waals surface area contributed by atoms with Crippen LogP contribution in [-0.4, -0.2) is 43.7 Å². The number of benzene rings is 1. The van der Waals surface area contributed by atoms with Gasteiger partial charge in [-0.2, -0.15) is 0 Å². The predicted molar refractivity (Wildman–Crippen MR) is 85.5 cm³/mol. The number of hydrogen-bond acceptors (Lipinski definition) is 5. The number of rotatable bonds is 5. The first-order chi connectivity index (χ1) is 10.0. The molecule has 0 aromatic heterocycles. The van der Waals surface area contributed by atoms with Gasteiger partial charge in [0.15, 0.2) is 0 Å². The largest absolute Gasteiger partial charge is 0.465 e. The molecule has 1 aliphatic rings. The van der Waals surface area contributed by atoms with Gasteiger partial charge in [-0.3, -0.25) is 0 Å². The van der Waals surface area contributed by atoms with Crippen molar-refractivity contribution in [1.82, 2.24) is 4.90 Å². The molecule has 1 aromatic carbocycles. The van der Waals surface area contributed by atoms with Gasteiger partial charge >= 0.3 is 5.97 Å². The molecule has 0 radical (unpaired) electrons. The van der Waals surface area contributed by atoms with Crippen molar-refractivity contribution >= 4 is 17.3 Å². The monoisotopic (exact) mass is 291 g/mol. The number of likely N-dealkylation sites (tertiary alicyclic amines) is 1. The first-order valence-electron chi connectivity index (χ1n) is 7.47. The minimum absolute atomic E-state index is 0.361. The molecule has 0 aliphatic carbocycles. The summed E-state index contributed by atoms with van der Waals surface area (Å²) < 4.78 is 4.81. The lowest BCUT2D eigenvalue weighted by molar-refractivity contribution is 0.0602. The first kappa shape index (κ1) is 15.6. The van der Waals surface area contributed by atoms with Crippen LogP contribution in [0.5, 0.6) is 0 Å². The van der Waals surface area contributed by atoms with Crippen LogP contribution in [-0.2, 0) is 4.74 Å². The average molecular weight is 291 g/mol. The molecule has 0 amide bonds. The van der Waals surface area contributed by atoms with Crippen molar-refractivity contribution < 1.29 is 9.53 Å². The van der Waals surface area contributed by atoms with Crippen molar-refractivity contribution in [2.75, 3.05) is 37.8 Å². The molecule has 116 valence electrons. The van der Waals surface area contributed by atoms with E-state index in [4.69, 9.17) is 10.5 Å². The Hall–Kier alpha value is -1.75. The van der Waals surface area contributed by atoms with Crippen LogP contribution in [0.4, 0.5) is 11.4 Å². The molecule has 2 rings (SSSR count). The lowest BCUT2D eigenvalue weighted by Gasteiger charge is -2.20. The van der Waals surface area contributed by atoms with Gasteiger partial charge in [-0.15, -0.1) is 0 Å². The summed E-state index contributed by atoms with van der Waals surface area (Å²) >= 11 is 0. The van der Waals surface area contributed by atoms with Crippen molar-refractivity contribution in [1.29, 1.82) is 0 Å². The molecule has 1 aliphatic heterocycles. The summed E-state index contributed by atoms with van der Waals surface area (Å²) in [5.74, 6) is 0.246. The number of ether oxygens (including phenoxy) is 1. The summed E-state index contributed by atoms with van der Waals surface area (Å²) in [6, 6.07) is 5.89. The smallest absolute Gasteiger partial charge is 0.340 e. The number of nitrogen functional groups attached to an aromatic ring is 1. The zero-order valence-electron chi connectivity index (χ0n) is 13.1. The Bertz CT molecular complexity index is 502. The van der Waals surface area contributed by atoms with Crippen molar-refractivity contribution in [3.05, 3.63) is 23.8 Å². The predicted octanol–water partition coefficient (Wildman–Crippen LogP) is 2.20. The van der Waals surface area contributed by atoms with Crippen LogP contribution in [0.15, 0.2) is 18.2 Å². The minimum atomic E-state index is -0.361. The number of nitrogens with two attached hydrogens (primary N) is 1. The summed E-state index contributed by atoms with van der Waals surface area (Å²) in [5.41, 5.74) is 7.60. The molecule has 1 heterocycles. The maximum absolute atomic E-state index is 11.8. The third-order valence-electron chi connectivity index (χ3n) is 4.08. The second kappa shape index (κ2) is 6.80. The van der Waals surface area contributed by atoms with E-state index in [-0.39, 0.29) is 5.97 Å². The molecule has 1 atom stereocenters.